The van der Waals surface area contributed by atoms with Crippen molar-refractivity contribution in [3.05, 3.63) is 84.2 Å². The van der Waals surface area contributed by atoms with E-state index in [1.165, 1.54) is 0 Å². The molecule has 0 aliphatic rings. The first kappa shape index (κ1) is 20.1. The third-order valence-corrected chi connectivity index (χ3v) is 4.33. The quantitative estimate of drug-likeness (QED) is 0.489. The minimum Gasteiger partial charge on any atom is -0.484 e. The zero-order valence-electron chi connectivity index (χ0n) is 17.1. The number of aryl methyl sites for hydroxylation is 2. The highest BCUT2D eigenvalue weighted by molar-refractivity contribution is 5.91. The van der Waals surface area contributed by atoms with Gasteiger partial charge in [0.1, 0.15) is 11.5 Å². The average molecular weight is 415 g/mol. The summed E-state index contributed by atoms with van der Waals surface area (Å²) in [5.74, 6) is 1.95. The number of benzene rings is 2. The Morgan fingerprint density at radius 1 is 0.935 bits per heavy atom. The summed E-state index contributed by atoms with van der Waals surface area (Å²) in [6, 6.07) is 21.6. The Hall–Kier alpha value is -4.20. The molecule has 1 amide bonds. The lowest BCUT2D eigenvalue weighted by atomic mass is 10.3. The van der Waals surface area contributed by atoms with E-state index in [1.54, 1.807) is 53.2 Å². The SMILES string of the molecule is Cc1cc(C)n(-c2ccc(Oc3ccc(NC(=O)COc4ccccc4)cc3)nn2)n1. The molecule has 8 heteroatoms. The molecule has 0 aliphatic heterocycles. The normalized spacial score (nSPS) is 10.5. The molecule has 2 aromatic carbocycles. The van der Waals surface area contributed by atoms with Crippen molar-refractivity contribution in [1.29, 1.82) is 0 Å². The van der Waals surface area contributed by atoms with Gasteiger partial charge in [-0.1, -0.05) is 18.2 Å². The largest absolute Gasteiger partial charge is 0.484 e. The summed E-state index contributed by atoms with van der Waals surface area (Å²) in [6.45, 7) is 3.82. The van der Waals surface area contributed by atoms with E-state index >= 15 is 0 Å². The van der Waals surface area contributed by atoms with Gasteiger partial charge >= 0.3 is 0 Å². The lowest BCUT2D eigenvalue weighted by Gasteiger charge is -2.09. The predicted octanol–water partition coefficient (Wildman–Crippen LogP) is 4.09. The molecule has 2 heterocycles. The molecule has 4 rings (SSSR count). The Kier molecular flexibility index (Phi) is 5.89. The Morgan fingerprint density at radius 2 is 1.71 bits per heavy atom. The van der Waals surface area contributed by atoms with E-state index in [1.807, 2.05) is 38.1 Å². The lowest BCUT2D eigenvalue weighted by Crippen LogP contribution is -2.20. The highest BCUT2D eigenvalue weighted by atomic mass is 16.5. The Balaban J connectivity index is 1.32. The van der Waals surface area contributed by atoms with E-state index in [9.17, 15) is 4.79 Å². The number of amides is 1. The number of aromatic nitrogens is 4. The Morgan fingerprint density at radius 3 is 2.35 bits per heavy atom. The number of hydrogen-bond acceptors (Lipinski definition) is 6. The fourth-order valence-electron chi connectivity index (χ4n) is 2.93. The number of ether oxygens (including phenoxy) is 2. The van der Waals surface area contributed by atoms with Crippen molar-refractivity contribution in [3.63, 3.8) is 0 Å². The molecule has 0 atom stereocenters. The van der Waals surface area contributed by atoms with E-state index in [2.05, 4.69) is 20.6 Å². The standard InChI is InChI=1S/C23H21N5O3/c1-16-14-17(2)28(27-16)21-12-13-23(26-25-21)31-20-10-8-18(9-11-20)24-22(29)15-30-19-6-4-3-5-7-19/h3-14H,15H2,1-2H3,(H,24,29). The monoisotopic (exact) mass is 415 g/mol. The number of hydrogen-bond donors (Lipinski definition) is 1. The second-order valence-electron chi connectivity index (χ2n) is 6.85. The molecular weight excluding hydrogens is 394 g/mol. The van der Waals surface area contributed by atoms with Crippen LogP contribution in [0, 0.1) is 13.8 Å². The van der Waals surface area contributed by atoms with Crippen LogP contribution in [0.3, 0.4) is 0 Å². The van der Waals surface area contributed by atoms with Crippen LogP contribution in [-0.2, 0) is 4.79 Å². The fraction of sp³-hybridized carbons (Fsp3) is 0.130. The van der Waals surface area contributed by atoms with Crippen LogP contribution in [0.15, 0.2) is 72.8 Å². The van der Waals surface area contributed by atoms with Crippen LogP contribution in [0.5, 0.6) is 17.4 Å². The second kappa shape index (κ2) is 9.08. The van der Waals surface area contributed by atoms with Crippen molar-refractivity contribution >= 4 is 11.6 Å². The van der Waals surface area contributed by atoms with Crippen LogP contribution < -0.4 is 14.8 Å². The van der Waals surface area contributed by atoms with Gasteiger partial charge in [0.15, 0.2) is 12.4 Å². The smallest absolute Gasteiger partial charge is 0.262 e. The van der Waals surface area contributed by atoms with E-state index in [0.717, 1.165) is 11.4 Å². The predicted molar refractivity (Wildman–Crippen MR) is 116 cm³/mol. The molecule has 4 aromatic rings. The number of para-hydroxylation sites is 1. The van der Waals surface area contributed by atoms with Gasteiger partial charge in [-0.3, -0.25) is 4.79 Å². The van der Waals surface area contributed by atoms with Crippen molar-refractivity contribution < 1.29 is 14.3 Å². The molecule has 156 valence electrons. The number of nitrogens with zero attached hydrogens (tertiary/aromatic N) is 4. The van der Waals surface area contributed by atoms with Crippen molar-refractivity contribution in [2.24, 2.45) is 0 Å². The van der Waals surface area contributed by atoms with Crippen LogP contribution in [0.1, 0.15) is 11.4 Å². The van der Waals surface area contributed by atoms with Gasteiger partial charge in [0.25, 0.3) is 5.91 Å². The number of rotatable bonds is 7. The maximum absolute atomic E-state index is 12.0. The number of carbonyl (C=O) groups excluding carboxylic acids is 1. The Bertz CT molecular complexity index is 1160. The molecule has 8 nitrogen and oxygen atoms in total. The zero-order valence-corrected chi connectivity index (χ0v) is 17.1. The van der Waals surface area contributed by atoms with Gasteiger partial charge in [0.2, 0.25) is 5.88 Å². The Labute approximate surface area is 179 Å². The molecule has 0 unspecified atom stereocenters. The highest BCUT2D eigenvalue weighted by Gasteiger charge is 2.08. The molecule has 0 bridgehead atoms. The van der Waals surface area contributed by atoms with Gasteiger partial charge in [0.05, 0.1) is 5.69 Å². The summed E-state index contributed by atoms with van der Waals surface area (Å²) in [4.78, 5) is 12.0. The maximum Gasteiger partial charge on any atom is 0.262 e. The van der Waals surface area contributed by atoms with Crippen molar-refractivity contribution in [1.82, 2.24) is 20.0 Å². The molecule has 31 heavy (non-hydrogen) atoms. The molecule has 0 radical (unpaired) electrons. The number of anilines is 1. The third-order valence-electron chi connectivity index (χ3n) is 4.33. The van der Waals surface area contributed by atoms with Crippen molar-refractivity contribution in [3.8, 4) is 23.2 Å². The van der Waals surface area contributed by atoms with E-state index in [0.29, 0.717) is 28.9 Å². The van der Waals surface area contributed by atoms with Gasteiger partial charge in [-0.25, -0.2) is 4.68 Å². The van der Waals surface area contributed by atoms with Gasteiger partial charge in [0, 0.05) is 17.4 Å². The van der Waals surface area contributed by atoms with Crippen LogP contribution in [0.2, 0.25) is 0 Å². The molecule has 0 saturated carbocycles. The summed E-state index contributed by atoms with van der Waals surface area (Å²) in [7, 11) is 0. The molecule has 2 aromatic heterocycles. The first-order chi connectivity index (χ1) is 15.1. The zero-order chi connectivity index (χ0) is 21.6. The lowest BCUT2D eigenvalue weighted by molar-refractivity contribution is -0.118. The minimum absolute atomic E-state index is 0.0700. The summed E-state index contributed by atoms with van der Waals surface area (Å²) < 4.78 is 12.9. The first-order valence-corrected chi connectivity index (χ1v) is 9.70. The molecule has 0 spiro atoms. The topological polar surface area (TPSA) is 91.2 Å². The van der Waals surface area contributed by atoms with Gasteiger partial charge in [-0.2, -0.15) is 5.10 Å². The van der Waals surface area contributed by atoms with E-state index in [4.69, 9.17) is 9.47 Å². The summed E-state index contributed by atoms with van der Waals surface area (Å²) in [5, 5.41) is 15.4. The summed E-state index contributed by atoms with van der Waals surface area (Å²) in [6.07, 6.45) is 0. The van der Waals surface area contributed by atoms with Gasteiger partial charge in [-0.15, -0.1) is 10.2 Å². The van der Waals surface area contributed by atoms with E-state index in [-0.39, 0.29) is 12.5 Å². The summed E-state index contributed by atoms with van der Waals surface area (Å²) >= 11 is 0. The van der Waals surface area contributed by atoms with Crippen LogP contribution in [-0.4, -0.2) is 32.5 Å². The van der Waals surface area contributed by atoms with Crippen molar-refractivity contribution in [2.45, 2.75) is 13.8 Å². The molecule has 0 fully saturated rings. The van der Waals surface area contributed by atoms with Crippen LogP contribution in [0.4, 0.5) is 5.69 Å². The second-order valence-corrected chi connectivity index (χ2v) is 6.85. The van der Waals surface area contributed by atoms with Gasteiger partial charge in [-0.05, 0) is 62.4 Å². The van der Waals surface area contributed by atoms with E-state index < -0.39 is 0 Å². The molecular formula is C23H21N5O3. The molecule has 1 N–H and O–H groups in total. The first-order valence-electron chi connectivity index (χ1n) is 9.70. The van der Waals surface area contributed by atoms with Crippen LogP contribution in [0.25, 0.3) is 5.82 Å². The average Bonchev–Trinajstić information content (AvgIpc) is 3.13. The van der Waals surface area contributed by atoms with Gasteiger partial charge < -0.3 is 14.8 Å². The van der Waals surface area contributed by atoms with Crippen LogP contribution >= 0.6 is 0 Å². The number of carbonyl (C=O) groups is 1. The highest BCUT2D eigenvalue weighted by Crippen LogP contribution is 2.22. The molecule has 0 aliphatic carbocycles. The third kappa shape index (κ3) is 5.24. The fourth-order valence-corrected chi connectivity index (χ4v) is 2.93. The molecule has 0 saturated heterocycles. The van der Waals surface area contributed by atoms with Crippen molar-refractivity contribution in [2.75, 3.05) is 11.9 Å². The minimum atomic E-state index is -0.247. The maximum atomic E-state index is 12.0. The summed E-state index contributed by atoms with van der Waals surface area (Å²) in [5.41, 5.74) is 2.53. The number of nitrogens with one attached hydrogen (secondary N) is 1.